The van der Waals surface area contributed by atoms with E-state index in [1.165, 1.54) is 12.4 Å². The van der Waals surface area contributed by atoms with Crippen LogP contribution < -0.4 is 9.47 Å². The highest BCUT2D eigenvalue weighted by atomic mass is 16.5. The van der Waals surface area contributed by atoms with Crippen molar-refractivity contribution < 1.29 is 9.47 Å². The Morgan fingerprint density at radius 1 is 1.31 bits per heavy atom. The predicted octanol–water partition coefficient (Wildman–Crippen LogP) is 1.74. The summed E-state index contributed by atoms with van der Waals surface area (Å²) in [5.41, 5.74) is 0.142. The van der Waals surface area contributed by atoms with Gasteiger partial charge in [0.05, 0.1) is 6.61 Å². The van der Waals surface area contributed by atoms with E-state index in [2.05, 4.69) is 20.8 Å². The molecule has 0 N–H and O–H groups in total. The minimum Gasteiger partial charge on any atom is -0.619 e. The molecule has 0 atom stereocenters. The van der Waals surface area contributed by atoms with Crippen LogP contribution in [0.15, 0.2) is 24.5 Å². The quantitative estimate of drug-likeness (QED) is 0.514. The maximum absolute atomic E-state index is 10.7. The van der Waals surface area contributed by atoms with Crippen LogP contribution in [0.2, 0.25) is 0 Å². The molecular formula is C10H15NO2. The molecule has 3 heteroatoms. The lowest BCUT2D eigenvalue weighted by molar-refractivity contribution is -0.605. The molecule has 3 nitrogen and oxygen atoms in total. The minimum atomic E-state index is 0.142. The Hall–Kier alpha value is -1.25. The highest BCUT2D eigenvalue weighted by Crippen LogP contribution is 2.16. The summed E-state index contributed by atoms with van der Waals surface area (Å²) in [5.74, 6) is 0.738. The fourth-order valence-corrected chi connectivity index (χ4v) is 0.795. The van der Waals surface area contributed by atoms with Crippen LogP contribution in [0, 0.1) is 10.6 Å². The maximum atomic E-state index is 10.7. The first-order valence-corrected chi connectivity index (χ1v) is 4.29. The van der Waals surface area contributed by atoms with E-state index >= 15 is 0 Å². The van der Waals surface area contributed by atoms with Crippen molar-refractivity contribution in [3.8, 4) is 5.75 Å². The van der Waals surface area contributed by atoms with E-state index < -0.39 is 0 Å². The van der Waals surface area contributed by atoms with Gasteiger partial charge in [0.1, 0.15) is 5.75 Å². The first kappa shape index (κ1) is 9.84. The van der Waals surface area contributed by atoms with Crippen LogP contribution in [0.4, 0.5) is 0 Å². The molecule has 0 aliphatic carbocycles. The molecule has 0 unspecified atom stereocenters. The van der Waals surface area contributed by atoms with Gasteiger partial charge in [0.2, 0.25) is 0 Å². The molecule has 0 saturated carbocycles. The van der Waals surface area contributed by atoms with E-state index in [4.69, 9.17) is 4.74 Å². The summed E-state index contributed by atoms with van der Waals surface area (Å²) in [4.78, 5) is 0. The smallest absolute Gasteiger partial charge is 0.184 e. The first-order valence-electron chi connectivity index (χ1n) is 4.29. The molecule has 1 heterocycles. The van der Waals surface area contributed by atoms with Crippen molar-refractivity contribution in [1.82, 2.24) is 0 Å². The van der Waals surface area contributed by atoms with Gasteiger partial charge in [-0.15, -0.1) is 0 Å². The van der Waals surface area contributed by atoms with Gasteiger partial charge in [0.25, 0.3) is 0 Å². The van der Waals surface area contributed by atoms with E-state index in [1.807, 2.05) is 0 Å². The van der Waals surface area contributed by atoms with Crippen molar-refractivity contribution in [2.75, 3.05) is 6.61 Å². The highest BCUT2D eigenvalue weighted by Gasteiger charge is 2.10. The lowest BCUT2D eigenvalue weighted by Crippen LogP contribution is -2.24. The first-order chi connectivity index (χ1) is 5.97. The number of aromatic nitrogens is 1. The van der Waals surface area contributed by atoms with E-state index in [0.29, 0.717) is 6.61 Å². The standard InChI is InChI=1S/C10H15NO2/c1-10(2,3)8-13-9-4-6-11(12)7-5-9/h4-7H,8H2,1-3H3. The topological polar surface area (TPSA) is 36.2 Å². The van der Waals surface area contributed by atoms with Gasteiger partial charge in [-0.2, -0.15) is 4.73 Å². The summed E-state index contributed by atoms with van der Waals surface area (Å²) in [7, 11) is 0. The molecule has 0 aromatic carbocycles. The SMILES string of the molecule is CC(C)(C)COc1cc[n+]([O-])cc1. The summed E-state index contributed by atoms with van der Waals surface area (Å²) in [6, 6.07) is 3.33. The lowest BCUT2D eigenvalue weighted by atomic mass is 9.99. The summed E-state index contributed by atoms with van der Waals surface area (Å²) in [6.45, 7) is 6.95. The zero-order valence-electron chi connectivity index (χ0n) is 8.28. The third kappa shape index (κ3) is 3.78. The van der Waals surface area contributed by atoms with E-state index in [-0.39, 0.29) is 5.41 Å². The Bertz CT molecular complexity index is 261. The fourth-order valence-electron chi connectivity index (χ4n) is 0.795. The molecule has 13 heavy (non-hydrogen) atoms. The van der Waals surface area contributed by atoms with Gasteiger partial charge in [0.15, 0.2) is 12.4 Å². The Morgan fingerprint density at radius 2 is 1.85 bits per heavy atom. The Morgan fingerprint density at radius 3 is 2.31 bits per heavy atom. The van der Waals surface area contributed by atoms with Crippen LogP contribution >= 0.6 is 0 Å². The second-order valence-electron chi connectivity index (χ2n) is 4.24. The number of pyridine rings is 1. The summed E-state index contributed by atoms with van der Waals surface area (Å²) >= 11 is 0. The molecular weight excluding hydrogens is 166 g/mol. The zero-order valence-corrected chi connectivity index (χ0v) is 8.28. The van der Waals surface area contributed by atoms with Crippen LogP contribution in [-0.2, 0) is 0 Å². The lowest BCUT2D eigenvalue weighted by Gasteiger charge is -2.18. The Kier molecular flexibility index (Phi) is 2.76. The largest absolute Gasteiger partial charge is 0.619 e. The normalized spacial score (nSPS) is 11.3. The molecule has 0 bridgehead atoms. The second kappa shape index (κ2) is 3.64. The van der Waals surface area contributed by atoms with Gasteiger partial charge in [-0.1, -0.05) is 20.8 Å². The number of rotatable bonds is 2. The molecule has 0 aliphatic rings. The molecule has 0 fully saturated rings. The molecule has 0 saturated heterocycles. The summed E-state index contributed by atoms with van der Waals surface area (Å²) < 4.78 is 6.21. The second-order valence-corrected chi connectivity index (χ2v) is 4.24. The molecule has 0 amide bonds. The molecule has 0 spiro atoms. The summed E-state index contributed by atoms with van der Waals surface area (Å²) in [5, 5.41) is 10.7. The van der Waals surface area contributed by atoms with Gasteiger partial charge in [0, 0.05) is 12.1 Å². The van der Waals surface area contributed by atoms with E-state index in [1.54, 1.807) is 12.1 Å². The van der Waals surface area contributed by atoms with Crippen LogP contribution in [-0.4, -0.2) is 6.61 Å². The third-order valence-corrected chi connectivity index (χ3v) is 1.44. The predicted molar refractivity (Wildman–Crippen MR) is 50.4 cm³/mol. The fraction of sp³-hybridized carbons (Fsp3) is 0.500. The van der Waals surface area contributed by atoms with E-state index in [0.717, 1.165) is 10.5 Å². The Balaban J connectivity index is 2.51. The van der Waals surface area contributed by atoms with Gasteiger partial charge < -0.3 is 9.94 Å². The van der Waals surface area contributed by atoms with E-state index in [9.17, 15) is 5.21 Å². The van der Waals surface area contributed by atoms with Crippen molar-refractivity contribution in [1.29, 1.82) is 0 Å². The van der Waals surface area contributed by atoms with Gasteiger partial charge in [-0.05, 0) is 5.41 Å². The zero-order chi connectivity index (χ0) is 9.90. The third-order valence-electron chi connectivity index (χ3n) is 1.44. The van der Waals surface area contributed by atoms with Crippen LogP contribution in [0.5, 0.6) is 5.75 Å². The monoisotopic (exact) mass is 181 g/mol. The highest BCUT2D eigenvalue weighted by molar-refractivity contribution is 5.14. The number of ether oxygens (including phenoxy) is 1. The van der Waals surface area contributed by atoms with Crippen molar-refractivity contribution in [2.45, 2.75) is 20.8 Å². The molecule has 0 radical (unpaired) electrons. The maximum Gasteiger partial charge on any atom is 0.184 e. The molecule has 1 rings (SSSR count). The van der Waals surface area contributed by atoms with Gasteiger partial charge >= 0.3 is 0 Å². The van der Waals surface area contributed by atoms with Gasteiger partial charge in [-0.3, -0.25) is 0 Å². The van der Waals surface area contributed by atoms with Crippen LogP contribution in [0.25, 0.3) is 0 Å². The average molecular weight is 181 g/mol. The van der Waals surface area contributed by atoms with Crippen molar-refractivity contribution >= 4 is 0 Å². The number of hydrogen-bond donors (Lipinski definition) is 0. The van der Waals surface area contributed by atoms with Crippen molar-refractivity contribution in [3.63, 3.8) is 0 Å². The molecule has 72 valence electrons. The molecule has 1 aromatic rings. The van der Waals surface area contributed by atoms with Crippen LogP contribution in [0.1, 0.15) is 20.8 Å². The molecule has 0 aliphatic heterocycles. The number of hydrogen-bond acceptors (Lipinski definition) is 2. The average Bonchev–Trinajstić information content (AvgIpc) is 2.02. The number of nitrogens with zero attached hydrogens (tertiary/aromatic N) is 1. The molecule has 1 aromatic heterocycles. The Labute approximate surface area is 78.5 Å². The van der Waals surface area contributed by atoms with Gasteiger partial charge in [-0.25, -0.2) is 0 Å². The van der Waals surface area contributed by atoms with Crippen molar-refractivity contribution in [3.05, 3.63) is 29.7 Å². The minimum absolute atomic E-state index is 0.142. The van der Waals surface area contributed by atoms with Crippen LogP contribution in [0.3, 0.4) is 0 Å². The summed E-state index contributed by atoms with van der Waals surface area (Å²) in [6.07, 6.45) is 2.86. The van der Waals surface area contributed by atoms with Crippen molar-refractivity contribution in [2.24, 2.45) is 5.41 Å².